The van der Waals surface area contributed by atoms with Crippen LogP contribution in [0.2, 0.25) is 0 Å². The molecule has 114 valence electrons. The topological polar surface area (TPSA) is 24.5 Å². The van der Waals surface area contributed by atoms with Crippen LogP contribution >= 0.6 is 0 Å². The van der Waals surface area contributed by atoms with Gasteiger partial charge in [0.25, 0.3) is 0 Å². The fourth-order valence-corrected chi connectivity index (χ4v) is 2.48. The molecule has 0 aliphatic heterocycles. The van der Waals surface area contributed by atoms with Crippen molar-refractivity contribution < 1.29 is 4.74 Å². The summed E-state index contributed by atoms with van der Waals surface area (Å²) in [6, 6.07) is 7.56. The number of benzene rings is 1. The first-order chi connectivity index (χ1) is 9.49. The van der Waals surface area contributed by atoms with Gasteiger partial charge in [0.15, 0.2) is 0 Å². The van der Waals surface area contributed by atoms with Gasteiger partial charge in [-0.25, -0.2) is 0 Å². The maximum Gasteiger partial charge on any atom is 0.0589 e. The SMILES string of the molecule is CNC(CN(CCOC)C(C)C)c1cc(C)ccc1C. The van der Waals surface area contributed by atoms with E-state index in [1.165, 1.54) is 16.7 Å². The standard InChI is InChI=1S/C17H30N2O/c1-13(2)19(9-10-20-6)12-17(18-5)16-11-14(3)7-8-15(16)4/h7-8,11,13,17-18H,9-10,12H2,1-6H3. The highest BCUT2D eigenvalue weighted by Gasteiger charge is 2.18. The Morgan fingerprint density at radius 1 is 1.25 bits per heavy atom. The van der Waals surface area contributed by atoms with Gasteiger partial charge >= 0.3 is 0 Å². The second kappa shape index (κ2) is 8.40. The van der Waals surface area contributed by atoms with Crippen molar-refractivity contribution in [3.05, 3.63) is 34.9 Å². The van der Waals surface area contributed by atoms with Gasteiger partial charge in [-0.05, 0) is 45.9 Å². The van der Waals surface area contributed by atoms with E-state index in [4.69, 9.17) is 4.74 Å². The molecule has 0 bridgehead atoms. The van der Waals surface area contributed by atoms with Gasteiger partial charge in [-0.1, -0.05) is 23.8 Å². The van der Waals surface area contributed by atoms with Crippen molar-refractivity contribution in [2.24, 2.45) is 0 Å². The van der Waals surface area contributed by atoms with Crippen molar-refractivity contribution >= 4 is 0 Å². The Bertz CT molecular complexity index is 404. The molecule has 0 spiro atoms. The second-order valence-electron chi connectivity index (χ2n) is 5.78. The lowest BCUT2D eigenvalue weighted by molar-refractivity contribution is 0.122. The van der Waals surface area contributed by atoms with Gasteiger partial charge in [0, 0.05) is 32.3 Å². The molecule has 1 aromatic rings. The summed E-state index contributed by atoms with van der Waals surface area (Å²) in [5, 5.41) is 3.47. The highest BCUT2D eigenvalue weighted by molar-refractivity contribution is 5.33. The fourth-order valence-electron chi connectivity index (χ4n) is 2.48. The fraction of sp³-hybridized carbons (Fsp3) is 0.647. The van der Waals surface area contributed by atoms with E-state index in [9.17, 15) is 0 Å². The van der Waals surface area contributed by atoms with Crippen molar-refractivity contribution in [1.82, 2.24) is 10.2 Å². The molecular weight excluding hydrogens is 248 g/mol. The zero-order valence-electron chi connectivity index (χ0n) is 13.9. The molecule has 0 aliphatic carbocycles. The molecule has 0 fully saturated rings. The van der Waals surface area contributed by atoms with Gasteiger partial charge in [-0.2, -0.15) is 0 Å². The third-order valence-electron chi connectivity index (χ3n) is 3.89. The monoisotopic (exact) mass is 278 g/mol. The van der Waals surface area contributed by atoms with Crippen LogP contribution in [0.4, 0.5) is 0 Å². The highest BCUT2D eigenvalue weighted by atomic mass is 16.5. The number of nitrogens with zero attached hydrogens (tertiary/aromatic N) is 1. The summed E-state index contributed by atoms with van der Waals surface area (Å²) in [5.41, 5.74) is 4.07. The van der Waals surface area contributed by atoms with Crippen molar-refractivity contribution in [1.29, 1.82) is 0 Å². The molecule has 3 nitrogen and oxygen atoms in total. The van der Waals surface area contributed by atoms with Crippen LogP contribution in [-0.4, -0.2) is 44.8 Å². The van der Waals surface area contributed by atoms with Crippen LogP contribution in [0.15, 0.2) is 18.2 Å². The minimum Gasteiger partial charge on any atom is -0.383 e. The second-order valence-corrected chi connectivity index (χ2v) is 5.78. The van der Waals surface area contributed by atoms with Crippen LogP contribution in [0.5, 0.6) is 0 Å². The normalized spacial score (nSPS) is 13.2. The Balaban J connectivity index is 2.86. The molecule has 0 saturated carbocycles. The van der Waals surface area contributed by atoms with Gasteiger partial charge < -0.3 is 10.1 Å². The van der Waals surface area contributed by atoms with Crippen molar-refractivity contribution in [3.63, 3.8) is 0 Å². The largest absolute Gasteiger partial charge is 0.383 e. The van der Waals surface area contributed by atoms with E-state index in [1.807, 2.05) is 7.05 Å². The molecule has 0 saturated heterocycles. The minimum atomic E-state index is 0.356. The predicted molar refractivity (Wildman–Crippen MR) is 86.3 cm³/mol. The Labute approximate surface area is 124 Å². The lowest BCUT2D eigenvalue weighted by Crippen LogP contribution is -2.40. The minimum absolute atomic E-state index is 0.356. The smallest absolute Gasteiger partial charge is 0.0589 e. The number of likely N-dealkylation sites (N-methyl/N-ethyl adjacent to an activating group) is 1. The molecule has 20 heavy (non-hydrogen) atoms. The Morgan fingerprint density at radius 3 is 2.50 bits per heavy atom. The van der Waals surface area contributed by atoms with Gasteiger partial charge in [0.05, 0.1) is 6.61 Å². The summed E-state index contributed by atoms with van der Waals surface area (Å²) >= 11 is 0. The van der Waals surface area contributed by atoms with Crippen LogP contribution in [0.3, 0.4) is 0 Å². The molecule has 1 rings (SSSR count). The summed E-state index contributed by atoms with van der Waals surface area (Å²) in [4.78, 5) is 2.46. The van der Waals surface area contributed by atoms with Crippen molar-refractivity contribution in [3.8, 4) is 0 Å². The van der Waals surface area contributed by atoms with Crippen molar-refractivity contribution in [2.45, 2.75) is 39.8 Å². The van der Waals surface area contributed by atoms with Crippen LogP contribution in [0.1, 0.15) is 36.6 Å². The molecule has 0 amide bonds. The Morgan fingerprint density at radius 2 is 1.95 bits per heavy atom. The van der Waals surface area contributed by atoms with E-state index < -0.39 is 0 Å². The van der Waals surface area contributed by atoms with Gasteiger partial charge in [-0.15, -0.1) is 0 Å². The molecule has 0 aliphatic rings. The summed E-state index contributed by atoms with van der Waals surface area (Å²) in [5.74, 6) is 0. The van der Waals surface area contributed by atoms with Crippen LogP contribution in [-0.2, 0) is 4.74 Å². The van der Waals surface area contributed by atoms with Crippen molar-refractivity contribution in [2.75, 3.05) is 33.9 Å². The number of methoxy groups -OCH3 is 1. The number of hydrogen-bond donors (Lipinski definition) is 1. The number of hydrogen-bond acceptors (Lipinski definition) is 3. The van der Waals surface area contributed by atoms with Gasteiger partial charge in [0.2, 0.25) is 0 Å². The third-order valence-corrected chi connectivity index (χ3v) is 3.89. The zero-order valence-corrected chi connectivity index (χ0v) is 13.9. The average molecular weight is 278 g/mol. The van der Waals surface area contributed by atoms with E-state index >= 15 is 0 Å². The zero-order chi connectivity index (χ0) is 15.1. The van der Waals surface area contributed by atoms with E-state index in [0.717, 1.165) is 19.7 Å². The third kappa shape index (κ3) is 4.89. The average Bonchev–Trinajstić information content (AvgIpc) is 2.42. The molecule has 3 heteroatoms. The molecule has 1 unspecified atom stereocenters. The molecule has 1 N–H and O–H groups in total. The number of aryl methyl sites for hydroxylation is 2. The Kier molecular flexibility index (Phi) is 7.20. The number of ether oxygens (including phenoxy) is 1. The summed E-state index contributed by atoms with van der Waals surface area (Å²) in [6.07, 6.45) is 0. The predicted octanol–water partition coefficient (Wildman–Crippen LogP) is 2.92. The summed E-state index contributed by atoms with van der Waals surface area (Å²) in [6.45, 7) is 11.6. The van der Waals surface area contributed by atoms with E-state index in [-0.39, 0.29) is 0 Å². The molecule has 0 radical (unpaired) electrons. The van der Waals surface area contributed by atoms with E-state index in [2.05, 4.69) is 56.1 Å². The Hall–Kier alpha value is -0.900. The lowest BCUT2D eigenvalue weighted by Gasteiger charge is -2.31. The maximum atomic E-state index is 5.22. The number of nitrogens with one attached hydrogen (secondary N) is 1. The lowest BCUT2D eigenvalue weighted by atomic mass is 9.98. The molecule has 0 heterocycles. The first-order valence-electron chi connectivity index (χ1n) is 7.47. The first kappa shape index (κ1) is 17.2. The summed E-state index contributed by atoms with van der Waals surface area (Å²) < 4.78 is 5.22. The first-order valence-corrected chi connectivity index (χ1v) is 7.47. The quantitative estimate of drug-likeness (QED) is 0.791. The van der Waals surface area contributed by atoms with E-state index in [0.29, 0.717) is 12.1 Å². The maximum absolute atomic E-state index is 5.22. The molecule has 1 atom stereocenters. The summed E-state index contributed by atoms with van der Waals surface area (Å²) in [7, 11) is 3.81. The molecule has 1 aromatic carbocycles. The van der Waals surface area contributed by atoms with Crippen LogP contribution in [0.25, 0.3) is 0 Å². The molecule has 0 aromatic heterocycles. The van der Waals surface area contributed by atoms with Gasteiger partial charge in [0.1, 0.15) is 0 Å². The van der Waals surface area contributed by atoms with Crippen LogP contribution < -0.4 is 5.32 Å². The highest BCUT2D eigenvalue weighted by Crippen LogP contribution is 2.20. The van der Waals surface area contributed by atoms with E-state index in [1.54, 1.807) is 7.11 Å². The van der Waals surface area contributed by atoms with Crippen LogP contribution in [0, 0.1) is 13.8 Å². The van der Waals surface area contributed by atoms with Gasteiger partial charge in [-0.3, -0.25) is 4.90 Å². The number of rotatable bonds is 8. The molecular formula is C17H30N2O.